The van der Waals surface area contributed by atoms with Crippen molar-refractivity contribution in [2.75, 3.05) is 11.5 Å². The fraction of sp³-hybridized carbons (Fsp3) is 0.833. The second-order valence-electron chi connectivity index (χ2n) is 1.60. The van der Waals surface area contributed by atoms with Gasteiger partial charge in [-0.05, 0) is 6.42 Å². The lowest BCUT2D eigenvalue weighted by Crippen LogP contribution is -1.77. The third-order valence-corrected chi connectivity index (χ3v) is 3.33. The zero-order valence-electron chi connectivity index (χ0n) is 5.63. The fourth-order valence-corrected chi connectivity index (χ4v) is 2.39. The molecule has 0 rings (SSSR count). The molecular weight excluding hydrogens is 152 g/mol. The molecule has 0 atom stereocenters. The standard InChI is InChI=1S/C6H12OS2/c1-2-5-8-9-6-3-4-7/h4H,2-3,5-6H2,1H3. The van der Waals surface area contributed by atoms with Gasteiger partial charge in [0, 0.05) is 17.9 Å². The molecule has 9 heavy (non-hydrogen) atoms. The molecule has 0 aliphatic rings. The normalized spacial score (nSPS) is 9.44. The summed E-state index contributed by atoms with van der Waals surface area (Å²) in [6, 6.07) is 0. The minimum absolute atomic E-state index is 0.696. The van der Waals surface area contributed by atoms with Gasteiger partial charge in [0.05, 0.1) is 0 Å². The van der Waals surface area contributed by atoms with Crippen molar-refractivity contribution >= 4 is 27.9 Å². The van der Waals surface area contributed by atoms with Crippen molar-refractivity contribution < 1.29 is 4.79 Å². The molecule has 0 saturated heterocycles. The van der Waals surface area contributed by atoms with Crippen molar-refractivity contribution in [2.45, 2.75) is 19.8 Å². The van der Waals surface area contributed by atoms with Crippen molar-refractivity contribution in [3.8, 4) is 0 Å². The van der Waals surface area contributed by atoms with E-state index in [9.17, 15) is 4.79 Å². The van der Waals surface area contributed by atoms with Crippen LogP contribution in [0.25, 0.3) is 0 Å². The molecular formula is C6H12OS2. The summed E-state index contributed by atoms with van der Waals surface area (Å²) in [7, 11) is 3.64. The Morgan fingerprint density at radius 2 is 2.00 bits per heavy atom. The van der Waals surface area contributed by atoms with E-state index in [0.29, 0.717) is 6.42 Å². The molecule has 0 aromatic carbocycles. The van der Waals surface area contributed by atoms with E-state index >= 15 is 0 Å². The highest BCUT2D eigenvalue weighted by Gasteiger charge is 1.86. The lowest BCUT2D eigenvalue weighted by molar-refractivity contribution is -0.107. The average molecular weight is 164 g/mol. The predicted octanol–water partition coefficient (Wildman–Crippen LogP) is 2.37. The van der Waals surface area contributed by atoms with Gasteiger partial charge in [-0.3, -0.25) is 0 Å². The molecule has 0 radical (unpaired) electrons. The summed E-state index contributed by atoms with van der Waals surface area (Å²) in [5.41, 5.74) is 0. The third-order valence-electron chi connectivity index (χ3n) is 0.690. The zero-order valence-corrected chi connectivity index (χ0v) is 7.26. The first-order valence-electron chi connectivity index (χ1n) is 3.10. The van der Waals surface area contributed by atoms with E-state index in [0.717, 1.165) is 12.0 Å². The zero-order chi connectivity index (χ0) is 6.95. The Morgan fingerprint density at radius 3 is 2.56 bits per heavy atom. The second-order valence-corrected chi connectivity index (χ2v) is 4.30. The summed E-state index contributed by atoms with van der Waals surface area (Å²) in [5.74, 6) is 2.16. The van der Waals surface area contributed by atoms with Crippen molar-refractivity contribution in [3.05, 3.63) is 0 Å². The van der Waals surface area contributed by atoms with E-state index in [4.69, 9.17) is 0 Å². The van der Waals surface area contributed by atoms with Gasteiger partial charge in [-0.1, -0.05) is 28.5 Å². The van der Waals surface area contributed by atoms with E-state index in [1.807, 2.05) is 10.8 Å². The number of hydrogen-bond acceptors (Lipinski definition) is 3. The molecule has 0 aliphatic carbocycles. The van der Waals surface area contributed by atoms with E-state index in [1.165, 1.54) is 12.2 Å². The van der Waals surface area contributed by atoms with E-state index in [-0.39, 0.29) is 0 Å². The molecule has 0 spiro atoms. The quantitative estimate of drug-likeness (QED) is 0.341. The SMILES string of the molecule is CCCSSCCC=O. The molecule has 0 heterocycles. The minimum atomic E-state index is 0.696. The lowest BCUT2D eigenvalue weighted by Gasteiger charge is -1.93. The van der Waals surface area contributed by atoms with Crippen LogP contribution < -0.4 is 0 Å². The maximum absolute atomic E-state index is 9.81. The first-order valence-corrected chi connectivity index (χ1v) is 5.58. The van der Waals surface area contributed by atoms with Gasteiger partial charge in [0.1, 0.15) is 6.29 Å². The van der Waals surface area contributed by atoms with Crippen LogP contribution in [0, 0.1) is 0 Å². The van der Waals surface area contributed by atoms with Crippen molar-refractivity contribution in [1.82, 2.24) is 0 Å². The monoisotopic (exact) mass is 164 g/mol. The summed E-state index contributed by atoms with van der Waals surface area (Å²) in [5, 5.41) is 0. The summed E-state index contributed by atoms with van der Waals surface area (Å²) in [6.07, 6.45) is 2.89. The van der Waals surface area contributed by atoms with Crippen molar-refractivity contribution in [2.24, 2.45) is 0 Å². The van der Waals surface area contributed by atoms with Gasteiger partial charge < -0.3 is 4.79 Å². The van der Waals surface area contributed by atoms with Crippen LogP contribution >= 0.6 is 21.6 Å². The van der Waals surface area contributed by atoms with Gasteiger partial charge in [-0.25, -0.2) is 0 Å². The van der Waals surface area contributed by atoms with Gasteiger partial charge in [0.2, 0.25) is 0 Å². The van der Waals surface area contributed by atoms with Gasteiger partial charge in [0.15, 0.2) is 0 Å². The van der Waals surface area contributed by atoms with Crippen LogP contribution in [-0.2, 0) is 4.79 Å². The molecule has 0 aromatic heterocycles. The van der Waals surface area contributed by atoms with Crippen LogP contribution in [0.15, 0.2) is 0 Å². The third kappa shape index (κ3) is 8.37. The highest BCUT2D eigenvalue weighted by molar-refractivity contribution is 8.76. The van der Waals surface area contributed by atoms with Crippen LogP contribution in [0.3, 0.4) is 0 Å². The molecule has 0 aromatic rings. The van der Waals surface area contributed by atoms with E-state index in [2.05, 4.69) is 6.92 Å². The summed E-state index contributed by atoms with van der Waals surface area (Å²) < 4.78 is 0. The Bertz CT molecular complexity index is 66.1. The maximum Gasteiger partial charge on any atom is 0.120 e. The topological polar surface area (TPSA) is 17.1 Å². The van der Waals surface area contributed by atoms with Crippen molar-refractivity contribution in [3.63, 3.8) is 0 Å². The average Bonchev–Trinajstić information content (AvgIpc) is 1.89. The van der Waals surface area contributed by atoms with Gasteiger partial charge >= 0.3 is 0 Å². The van der Waals surface area contributed by atoms with Crippen LogP contribution in [0.1, 0.15) is 19.8 Å². The molecule has 0 fully saturated rings. The first kappa shape index (κ1) is 9.37. The number of carbonyl (C=O) groups excluding carboxylic acids is 1. The van der Waals surface area contributed by atoms with Crippen LogP contribution in [0.2, 0.25) is 0 Å². The summed E-state index contributed by atoms with van der Waals surface area (Å²) in [4.78, 5) is 9.81. The molecule has 0 bridgehead atoms. The van der Waals surface area contributed by atoms with Crippen molar-refractivity contribution in [1.29, 1.82) is 0 Å². The van der Waals surface area contributed by atoms with Gasteiger partial charge in [0.25, 0.3) is 0 Å². The van der Waals surface area contributed by atoms with Crippen LogP contribution in [0.4, 0.5) is 0 Å². The Labute approximate surface area is 64.4 Å². The van der Waals surface area contributed by atoms with Gasteiger partial charge in [-0.15, -0.1) is 0 Å². The Morgan fingerprint density at radius 1 is 1.33 bits per heavy atom. The number of aldehydes is 1. The molecule has 0 amide bonds. The maximum atomic E-state index is 9.81. The summed E-state index contributed by atoms with van der Waals surface area (Å²) >= 11 is 0. The fourth-order valence-electron chi connectivity index (χ4n) is 0.297. The molecule has 0 aliphatic heterocycles. The molecule has 0 saturated carbocycles. The predicted molar refractivity (Wildman–Crippen MR) is 45.9 cm³/mol. The highest BCUT2D eigenvalue weighted by Crippen LogP contribution is 2.21. The smallest absolute Gasteiger partial charge is 0.120 e. The lowest BCUT2D eigenvalue weighted by atomic mass is 10.6. The summed E-state index contributed by atoms with van der Waals surface area (Å²) in [6.45, 7) is 2.16. The van der Waals surface area contributed by atoms with Crippen LogP contribution in [-0.4, -0.2) is 17.8 Å². The first-order chi connectivity index (χ1) is 4.41. The molecule has 0 unspecified atom stereocenters. The molecule has 3 heteroatoms. The Kier molecular flexibility index (Phi) is 8.71. The number of hydrogen-bond donors (Lipinski definition) is 0. The minimum Gasteiger partial charge on any atom is -0.303 e. The Hall–Kier alpha value is 0.370. The molecule has 1 nitrogen and oxygen atoms in total. The van der Waals surface area contributed by atoms with Gasteiger partial charge in [-0.2, -0.15) is 0 Å². The second kappa shape index (κ2) is 8.37. The molecule has 0 N–H and O–H groups in total. The van der Waals surface area contributed by atoms with E-state index in [1.54, 1.807) is 10.8 Å². The van der Waals surface area contributed by atoms with Crippen LogP contribution in [0.5, 0.6) is 0 Å². The number of carbonyl (C=O) groups is 1. The highest BCUT2D eigenvalue weighted by atomic mass is 33.1. The molecule has 54 valence electrons. The van der Waals surface area contributed by atoms with E-state index < -0.39 is 0 Å². The Balaban J connectivity index is 2.66. The largest absolute Gasteiger partial charge is 0.303 e. The number of rotatable bonds is 6.